The lowest BCUT2D eigenvalue weighted by molar-refractivity contribution is 0.154. The van der Waals surface area contributed by atoms with Crippen molar-refractivity contribution in [2.24, 2.45) is 0 Å². The highest BCUT2D eigenvalue weighted by Gasteiger charge is 2.18. The Bertz CT molecular complexity index is 267. The predicted octanol–water partition coefficient (Wildman–Crippen LogP) is 1.86. The fraction of sp³-hybridized carbons (Fsp3) is 0.500. The maximum absolute atomic E-state index is 9.94. The van der Waals surface area contributed by atoms with Crippen molar-refractivity contribution in [2.45, 2.75) is 31.4 Å². The van der Waals surface area contributed by atoms with Crippen LogP contribution in [0.2, 0.25) is 0 Å². The first-order valence-electron chi connectivity index (χ1n) is 5.32. The minimum absolute atomic E-state index is 0.313. The number of aliphatic hydroxyl groups is 1. The van der Waals surface area contributed by atoms with Gasteiger partial charge in [0, 0.05) is 6.04 Å². The molecule has 2 N–H and O–H groups in total. The molecule has 0 aromatic heterocycles. The molecule has 0 bridgehead atoms. The summed E-state index contributed by atoms with van der Waals surface area (Å²) < 4.78 is 0. The zero-order valence-corrected chi connectivity index (χ0v) is 8.32. The van der Waals surface area contributed by atoms with Gasteiger partial charge < -0.3 is 10.4 Å². The molecule has 76 valence electrons. The van der Waals surface area contributed by atoms with Crippen molar-refractivity contribution in [3.05, 3.63) is 35.9 Å². The number of nitrogens with one attached hydrogen (secondary N) is 1. The molecular formula is C12H17NO. The van der Waals surface area contributed by atoms with Crippen molar-refractivity contribution in [2.75, 3.05) is 6.54 Å². The van der Waals surface area contributed by atoms with Crippen LogP contribution in [0.25, 0.3) is 0 Å². The monoisotopic (exact) mass is 191 g/mol. The van der Waals surface area contributed by atoms with Gasteiger partial charge in [0.15, 0.2) is 0 Å². The van der Waals surface area contributed by atoms with E-state index >= 15 is 0 Å². The summed E-state index contributed by atoms with van der Waals surface area (Å²) in [5, 5.41) is 13.3. The molecule has 1 aromatic rings. The first kappa shape index (κ1) is 9.69. The molecule has 1 aliphatic rings. The highest BCUT2D eigenvalue weighted by Crippen LogP contribution is 2.21. The number of hydrogen-bond acceptors (Lipinski definition) is 2. The Labute approximate surface area is 85.0 Å². The van der Waals surface area contributed by atoms with E-state index in [0.717, 1.165) is 18.5 Å². The molecule has 0 spiro atoms. The predicted molar refractivity (Wildman–Crippen MR) is 57.0 cm³/mol. The van der Waals surface area contributed by atoms with Crippen LogP contribution in [-0.2, 0) is 0 Å². The largest absolute Gasteiger partial charge is 0.388 e. The fourth-order valence-corrected chi connectivity index (χ4v) is 2.04. The zero-order valence-electron chi connectivity index (χ0n) is 8.32. The third-order valence-electron chi connectivity index (χ3n) is 2.85. The fourth-order valence-electron chi connectivity index (χ4n) is 2.04. The first-order valence-corrected chi connectivity index (χ1v) is 5.32. The Balaban J connectivity index is 1.92. The van der Waals surface area contributed by atoms with Gasteiger partial charge in [-0.3, -0.25) is 0 Å². The molecule has 1 heterocycles. The maximum Gasteiger partial charge on any atom is 0.0804 e. The third kappa shape index (κ3) is 2.34. The van der Waals surface area contributed by atoms with E-state index in [0.29, 0.717) is 6.04 Å². The lowest BCUT2D eigenvalue weighted by Crippen LogP contribution is -2.23. The Hall–Kier alpha value is -0.860. The topological polar surface area (TPSA) is 32.3 Å². The van der Waals surface area contributed by atoms with Crippen LogP contribution in [0.1, 0.15) is 30.9 Å². The number of benzene rings is 1. The smallest absolute Gasteiger partial charge is 0.0804 e. The molecule has 1 aromatic carbocycles. The summed E-state index contributed by atoms with van der Waals surface area (Å²) in [4.78, 5) is 0. The molecule has 0 aliphatic carbocycles. The summed E-state index contributed by atoms with van der Waals surface area (Å²) in [7, 11) is 0. The highest BCUT2D eigenvalue weighted by molar-refractivity contribution is 5.17. The Morgan fingerprint density at radius 2 is 2.14 bits per heavy atom. The van der Waals surface area contributed by atoms with Gasteiger partial charge in [0.1, 0.15) is 0 Å². The van der Waals surface area contributed by atoms with E-state index in [-0.39, 0.29) is 6.10 Å². The van der Waals surface area contributed by atoms with Gasteiger partial charge in [-0.2, -0.15) is 0 Å². The van der Waals surface area contributed by atoms with E-state index in [1.165, 1.54) is 12.8 Å². The summed E-state index contributed by atoms with van der Waals surface area (Å²) >= 11 is 0. The summed E-state index contributed by atoms with van der Waals surface area (Å²) in [6.07, 6.45) is 2.96. The molecule has 0 saturated carbocycles. The normalized spacial score (nSPS) is 23.6. The molecule has 2 atom stereocenters. The molecule has 0 amide bonds. The Morgan fingerprint density at radius 1 is 1.36 bits per heavy atom. The van der Waals surface area contributed by atoms with Crippen molar-refractivity contribution in [3.63, 3.8) is 0 Å². The van der Waals surface area contributed by atoms with E-state index in [9.17, 15) is 5.11 Å². The van der Waals surface area contributed by atoms with Gasteiger partial charge in [0.05, 0.1) is 6.10 Å². The van der Waals surface area contributed by atoms with Crippen LogP contribution in [0.15, 0.2) is 30.3 Å². The summed E-state index contributed by atoms with van der Waals surface area (Å²) in [5.41, 5.74) is 1.03. The average molecular weight is 191 g/mol. The SMILES string of the molecule is OC(C[C@@H]1CCCN1)c1ccccc1. The minimum atomic E-state index is -0.313. The molecule has 1 fully saturated rings. The molecule has 1 saturated heterocycles. The molecule has 1 unspecified atom stereocenters. The van der Waals surface area contributed by atoms with E-state index < -0.39 is 0 Å². The zero-order chi connectivity index (χ0) is 9.80. The van der Waals surface area contributed by atoms with E-state index in [1.54, 1.807) is 0 Å². The van der Waals surface area contributed by atoms with Crippen LogP contribution in [0.4, 0.5) is 0 Å². The second-order valence-electron chi connectivity index (χ2n) is 3.96. The number of hydrogen-bond donors (Lipinski definition) is 2. The van der Waals surface area contributed by atoms with Crippen LogP contribution in [0, 0.1) is 0 Å². The van der Waals surface area contributed by atoms with Crippen molar-refractivity contribution in [3.8, 4) is 0 Å². The maximum atomic E-state index is 9.94. The minimum Gasteiger partial charge on any atom is -0.388 e. The summed E-state index contributed by atoms with van der Waals surface area (Å²) in [6, 6.07) is 10.4. The summed E-state index contributed by atoms with van der Waals surface area (Å²) in [6.45, 7) is 1.10. The lowest BCUT2D eigenvalue weighted by Gasteiger charge is -2.15. The van der Waals surface area contributed by atoms with Crippen molar-refractivity contribution >= 4 is 0 Å². The van der Waals surface area contributed by atoms with Crippen molar-refractivity contribution < 1.29 is 5.11 Å². The lowest BCUT2D eigenvalue weighted by atomic mass is 10.0. The number of aliphatic hydroxyl groups excluding tert-OH is 1. The quantitative estimate of drug-likeness (QED) is 0.764. The van der Waals surface area contributed by atoms with Gasteiger partial charge in [-0.05, 0) is 31.4 Å². The molecule has 2 heteroatoms. The third-order valence-corrected chi connectivity index (χ3v) is 2.85. The van der Waals surface area contributed by atoms with E-state index in [2.05, 4.69) is 5.32 Å². The van der Waals surface area contributed by atoms with Crippen LogP contribution in [-0.4, -0.2) is 17.7 Å². The Kier molecular flexibility index (Phi) is 3.17. The second kappa shape index (κ2) is 4.58. The average Bonchev–Trinajstić information content (AvgIpc) is 2.72. The molecule has 0 radical (unpaired) electrons. The molecule has 2 rings (SSSR count). The first-order chi connectivity index (χ1) is 6.86. The van der Waals surface area contributed by atoms with Crippen molar-refractivity contribution in [1.29, 1.82) is 0 Å². The van der Waals surface area contributed by atoms with Gasteiger partial charge >= 0.3 is 0 Å². The molecule has 14 heavy (non-hydrogen) atoms. The van der Waals surface area contributed by atoms with E-state index in [4.69, 9.17) is 0 Å². The van der Waals surface area contributed by atoms with Crippen LogP contribution in [0.3, 0.4) is 0 Å². The standard InChI is InChI=1S/C12H17NO/c14-12(9-11-7-4-8-13-11)10-5-2-1-3-6-10/h1-3,5-6,11-14H,4,7-9H2/t11-,12?/m0/s1. The van der Waals surface area contributed by atoms with Gasteiger partial charge in [-0.25, -0.2) is 0 Å². The second-order valence-corrected chi connectivity index (χ2v) is 3.96. The summed E-state index contributed by atoms with van der Waals surface area (Å²) in [5.74, 6) is 0. The molecular weight excluding hydrogens is 174 g/mol. The Morgan fingerprint density at radius 3 is 2.79 bits per heavy atom. The van der Waals surface area contributed by atoms with Crippen molar-refractivity contribution in [1.82, 2.24) is 5.32 Å². The number of rotatable bonds is 3. The van der Waals surface area contributed by atoms with Crippen LogP contribution in [0.5, 0.6) is 0 Å². The van der Waals surface area contributed by atoms with Gasteiger partial charge in [0.2, 0.25) is 0 Å². The van der Waals surface area contributed by atoms with Crippen LogP contribution >= 0.6 is 0 Å². The van der Waals surface area contributed by atoms with Gasteiger partial charge in [-0.1, -0.05) is 30.3 Å². The molecule has 1 aliphatic heterocycles. The van der Waals surface area contributed by atoms with E-state index in [1.807, 2.05) is 30.3 Å². The highest BCUT2D eigenvalue weighted by atomic mass is 16.3. The van der Waals surface area contributed by atoms with Gasteiger partial charge in [0.25, 0.3) is 0 Å². The molecule has 2 nitrogen and oxygen atoms in total. The van der Waals surface area contributed by atoms with Gasteiger partial charge in [-0.15, -0.1) is 0 Å². The van der Waals surface area contributed by atoms with Crippen LogP contribution < -0.4 is 5.32 Å².